The summed E-state index contributed by atoms with van der Waals surface area (Å²) in [6, 6.07) is 10.2. The van der Waals surface area contributed by atoms with Gasteiger partial charge in [0.15, 0.2) is 0 Å². The van der Waals surface area contributed by atoms with E-state index in [1.165, 1.54) is 19.2 Å². The number of nitrogens with one attached hydrogen (secondary N) is 3. The van der Waals surface area contributed by atoms with Crippen molar-refractivity contribution in [1.82, 2.24) is 10.6 Å². The molecule has 3 amide bonds. The van der Waals surface area contributed by atoms with Gasteiger partial charge in [-0.1, -0.05) is 23.7 Å². The van der Waals surface area contributed by atoms with Crippen LogP contribution in [0, 0.1) is 5.82 Å². The third kappa shape index (κ3) is 4.45. The molecule has 1 atom stereocenters. The topological polar surface area (TPSA) is 70.2 Å². The highest BCUT2D eigenvalue weighted by Gasteiger charge is 2.13. The number of benzene rings is 2. The van der Waals surface area contributed by atoms with Gasteiger partial charge in [0.25, 0.3) is 5.91 Å². The highest BCUT2D eigenvalue weighted by molar-refractivity contribution is 6.30. The number of rotatable bonds is 4. The molecule has 0 radical (unpaired) electrons. The first-order chi connectivity index (χ1) is 11.4. The van der Waals surface area contributed by atoms with E-state index < -0.39 is 17.8 Å². The maximum atomic E-state index is 13.6. The Hall–Kier alpha value is -2.60. The molecule has 3 N–H and O–H groups in total. The molecule has 0 aliphatic rings. The van der Waals surface area contributed by atoms with Gasteiger partial charge in [0.05, 0.1) is 11.6 Å². The lowest BCUT2D eigenvalue weighted by atomic mass is 10.1. The zero-order valence-corrected chi connectivity index (χ0v) is 13.9. The third-order valence-electron chi connectivity index (χ3n) is 3.41. The Bertz CT molecular complexity index is 750. The Balaban J connectivity index is 2.04. The maximum absolute atomic E-state index is 13.6. The second-order valence-corrected chi connectivity index (χ2v) is 5.58. The van der Waals surface area contributed by atoms with Crippen molar-refractivity contribution in [2.45, 2.75) is 13.0 Å². The van der Waals surface area contributed by atoms with Crippen molar-refractivity contribution >= 4 is 29.2 Å². The van der Waals surface area contributed by atoms with E-state index in [1.54, 1.807) is 12.1 Å². The summed E-state index contributed by atoms with van der Waals surface area (Å²) < 4.78 is 13.6. The van der Waals surface area contributed by atoms with Crippen LogP contribution in [0.5, 0.6) is 0 Å². The quantitative estimate of drug-likeness (QED) is 0.787. The van der Waals surface area contributed by atoms with E-state index in [4.69, 9.17) is 11.6 Å². The lowest BCUT2D eigenvalue weighted by Gasteiger charge is -2.15. The van der Waals surface area contributed by atoms with Crippen molar-refractivity contribution in [2.24, 2.45) is 0 Å². The summed E-state index contributed by atoms with van der Waals surface area (Å²) in [5, 5.41) is 8.29. The van der Waals surface area contributed by atoms with Crippen molar-refractivity contribution in [3.8, 4) is 0 Å². The number of anilines is 1. The van der Waals surface area contributed by atoms with E-state index >= 15 is 0 Å². The summed E-state index contributed by atoms with van der Waals surface area (Å²) in [6.07, 6.45) is 0. The Labute approximate surface area is 144 Å². The van der Waals surface area contributed by atoms with E-state index in [0.29, 0.717) is 10.7 Å². The largest absolute Gasteiger partial charge is 0.355 e. The highest BCUT2D eigenvalue weighted by Crippen LogP contribution is 2.17. The lowest BCUT2D eigenvalue weighted by Crippen LogP contribution is -2.31. The first kappa shape index (κ1) is 17.7. The van der Waals surface area contributed by atoms with Crippen molar-refractivity contribution in [2.75, 3.05) is 12.4 Å². The molecule has 24 heavy (non-hydrogen) atoms. The normalized spacial score (nSPS) is 11.5. The minimum atomic E-state index is -0.658. The van der Waals surface area contributed by atoms with Crippen molar-refractivity contribution < 1.29 is 14.0 Å². The van der Waals surface area contributed by atoms with Gasteiger partial charge in [-0.2, -0.15) is 0 Å². The zero-order valence-electron chi connectivity index (χ0n) is 13.2. The molecular weight excluding hydrogens is 333 g/mol. The maximum Gasteiger partial charge on any atom is 0.319 e. The van der Waals surface area contributed by atoms with Crippen LogP contribution in [0.2, 0.25) is 5.02 Å². The molecule has 0 aliphatic heterocycles. The van der Waals surface area contributed by atoms with E-state index in [-0.39, 0.29) is 11.6 Å². The van der Waals surface area contributed by atoms with Gasteiger partial charge in [-0.05, 0) is 42.8 Å². The van der Waals surface area contributed by atoms with Gasteiger partial charge in [-0.15, -0.1) is 0 Å². The van der Waals surface area contributed by atoms with Crippen LogP contribution in [-0.4, -0.2) is 19.0 Å². The van der Waals surface area contributed by atoms with E-state index in [9.17, 15) is 14.0 Å². The molecule has 2 aromatic rings. The van der Waals surface area contributed by atoms with Gasteiger partial charge in [0.2, 0.25) is 0 Å². The standard InChI is InChI=1S/C17H17ClFN3O2/c1-10(11-3-5-12(18)6-4-11)21-17(24)22-13-7-8-15(19)14(9-13)16(23)20-2/h3-10H,1-2H3,(H,20,23)(H2,21,22,24)/t10-/m0/s1. The number of urea groups is 1. The molecule has 0 unspecified atom stereocenters. The van der Waals surface area contributed by atoms with Gasteiger partial charge in [0.1, 0.15) is 5.82 Å². The molecule has 5 nitrogen and oxygen atoms in total. The molecule has 2 rings (SSSR count). The number of carbonyl (C=O) groups is 2. The Morgan fingerprint density at radius 1 is 1.12 bits per heavy atom. The summed E-state index contributed by atoms with van der Waals surface area (Å²) in [5.74, 6) is -1.22. The molecular formula is C17H17ClFN3O2. The van der Waals surface area contributed by atoms with E-state index in [0.717, 1.165) is 11.6 Å². The summed E-state index contributed by atoms with van der Waals surface area (Å²) in [7, 11) is 1.41. The van der Waals surface area contributed by atoms with Crippen molar-refractivity contribution in [1.29, 1.82) is 0 Å². The van der Waals surface area contributed by atoms with Crippen molar-refractivity contribution in [3.63, 3.8) is 0 Å². The molecule has 2 aromatic carbocycles. The van der Waals surface area contributed by atoms with Crippen LogP contribution in [-0.2, 0) is 0 Å². The second-order valence-electron chi connectivity index (χ2n) is 5.15. The number of carbonyl (C=O) groups excluding carboxylic acids is 2. The molecule has 0 aliphatic carbocycles. The number of hydrogen-bond donors (Lipinski definition) is 3. The van der Waals surface area contributed by atoms with Crippen LogP contribution < -0.4 is 16.0 Å². The Kier molecular flexibility index (Phi) is 5.76. The van der Waals surface area contributed by atoms with Crippen LogP contribution in [0.3, 0.4) is 0 Å². The first-order valence-corrected chi connectivity index (χ1v) is 7.63. The average molecular weight is 350 g/mol. The predicted molar refractivity (Wildman–Crippen MR) is 91.8 cm³/mol. The summed E-state index contributed by atoms with van der Waals surface area (Å²) in [4.78, 5) is 23.6. The minimum absolute atomic E-state index is 0.138. The Morgan fingerprint density at radius 2 is 1.79 bits per heavy atom. The molecule has 126 valence electrons. The zero-order chi connectivity index (χ0) is 17.7. The summed E-state index contributed by atoms with van der Waals surface area (Å²) in [6.45, 7) is 1.82. The van der Waals surface area contributed by atoms with Crippen LogP contribution >= 0.6 is 11.6 Å². The smallest absolute Gasteiger partial charge is 0.319 e. The predicted octanol–water partition coefficient (Wildman–Crippen LogP) is 3.72. The van der Waals surface area contributed by atoms with Gasteiger partial charge >= 0.3 is 6.03 Å². The van der Waals surface area contributed by atoms with Crippen LogP contribution in [0.1, 0.15) is 28.9 Å². The van der Waals surface area contributed by atoms with Crippen LogP contribution in [0.4, 0.5) is 14.9 Å². The molecule has 0 aromatic heterocycles. The molecule has 0 saturated carbocycles. The molecule has 0 fully saturated rings. The average Bonchev–Trinajstić information content (AvgIpc) is 2.56. The fourth-order valence-electron chi connectivity index (χ4n) is 2.11. The minimum Gasteiger partial charge on any atom is -0.355 e. The van der Waals surface area contributed by atoms with Gasteiger partial charge in [-0.25, -0.2) is 9.18 Å². The Morgan fingerprint density at radius 3 is 2.42 bits per heavy atom. The summed E-state index contributed by atoms with van der Waals surface area (Å²) >= 11 is 5.83. The second kappa shape index (κ2) is 7.79. The number of halogens is 2. The monoisotopic (exact) mass is 349 g/mol. The molecule has 0 bridgehead atoms. The molecule has 0 saturated heterocycles. The first-order valence-electron chi connectivity index (χ1n) is 7.25. The molecule has 0 heterocycles. The van der Waals surface area contributed by atoms with Crippen LogP contribution in [0.25, 0.3) is 0 Å². The van der Waals surface area contributed by atoms with E-state index in [2.05, 4.69) is 16.0 Å². The highest BCUT2D eigenvalue weighted by atomic mass is 35.5. The molecule has 0 spiro atoms. The molecule has 7 heteroatoms. The number of amides is 3. The lowest BCUT2D eigenvalue weighted by molar-refractivity contribution is 0.0959. The van der Waals surface area contributed by atoms with E-state index in [1.807, 2.05) is 19.1 Å². The van der Waals surface area contributed by atoms with Crippen LogP contribution in [0.15, 0.2) is 42.5 Å². The number of hydrogen-bond acceptors (Lipinski definition) is 2. The van der Waals surface area contributed by atoms with Gasteiger partial charge in [-0.3, -0.25) is 4.79 Å². The fourth-order valence-corrected chi connectivity index (χ4v) is 2.24. The van der Waals surface area contributed by atoms with Crippen molar-refractivity contribution in [3.05, 3.63) is 64.4 Å². The SMILES string of the molecule is CNC(=O)c1cc(NC(=O)N[C@@H](C)c2ccc(Cl)cc2)ccc1F. The third-order valence-corrected chi connectivity index (χ3v) is 3.67. The summed E-state index contributed by atoms with van der Waals surface area (Å²) in [5.41, 5.74) is 1.07. The fraction of sp³-hybridized carbons (Fsp3) is 0.176. The van der Waals surface area contributed by atoms with Gasteiger partial charge < -0.3 is 16.0 Å². The van der Waals surface area contributed by atoms with Gasteiger partial charge in [0, 0.05) is 17.8 Å².